The van der Waals surface area contributed by atoms with Gasteiger partial charge in [0.1, 0.15) is 17.8 Å². The number of carbonyl (C=O) groups excluding carboxylic acids is 1. The monoisotopic (exact) mass is 377 g/mol. The molecule has 2 atom stereocenters. The lowest BCUT2D eigenvalue weighted by molar-refractivity contribution is 0.0927. The van der Waals surface area contributed by atoms with Crippen molar-refractivity contribution in [2.45, 2.75) is 25.4 Å². The molecule has 1 amide bonds. The molecule has 25 heavy (non-hydrogen) atoms. The number of halogens is 2. The molecule has 128 valence electrons. The summed E-state index contributed by atoms with van der Waals surface area (Å²) in [7, 11) is 0. The Morgan fingerprint density at radius 2 is 2.20 bits per heavy atom. The molecule has 0 saturated carbocycles. The maximum absolute atomic E-state index is 12.8. The lowest BCUT2D eigenvalue weighted by Crippen LogP contribution is -2.29. The molecule has 2 unspecified atom stereocenters. The van der Waals surface area contributed by atoms with Crippen LogP contribution in [0, 0.1) is 0 Å². The third-order valence-electron chi connectivity index (χ3n) is 4.06. The Balaban J connectivity index is 1.65. The molecule has 4 rings (SSSR count). The molecule has 1 aliphatic heterocycles. The highest BCUT2D eigenvalue weighted by molar-refractivity contribution is 6.32. The Kier molecular flexibility index (Phi) is 3.93. The van der Waals surface area contributed by atoms with E-state index in [1.165, 1.54) is 17.1 Å². The topological polar surface area (TPSA) is 90.5 Å². The number of nitrogens with zero attached hydrogens (tertiary/aromatic N) is 6. The van der Waals surface area contributed by atoms with E-state index in [1.54, 1.807) is 18.3 Å². The van der Waals surface area contributed by atoms with Crippen molar-refractivity contribution >= 4 is 29.1 Å². The van der Waals surface area contributed by atoms with Gasteiger partial charge in [0.15, 0.2) is 11.0 Å². The molecule has 1 N–H and O–H groups in total. The molecular weight excluding hydrogens is 365 g/mol. The smallest absolute Gasteiger partial charge is 0.270 e. The lowest BCUT2D eigenvalue weighted by Gasteiger charge is -2.12. The second-order valence-corrected chi connectivity index (χ2v) is 6.54. The minimum atomic E-state index is -0.338. The van der Waals surface area contributed by atoms with Crippen LogP contribution in [0.25, 0.3) is 5.82 Å². The van der Waals surface area contributed by atoms with Crippen molar-refractivity contribution < 1.29 is 4.79 Å². The number of carbonyl (C=O) groups is 1. The van der Waals surface area contributed by atoms with E-state index in [4.69, 9.17) is 23.2 Å². The molecule has 1 aliphatic rings. The molecule has 0 fully saturated rings. The van der Waals surface area contributed by atoms with Crippen LogP contribution < -0.4 is 5.32 Å². The zero-order chi connectivity index (χ0) is 17.6. The minimum Gasteiger partial charge on any atom is -0.341 e. The zero-order valence-electron chi connectivity index (χ0n) is 13.1. The fourth-order valence-corrected chi connectivity index (χ4v) is 3.34. The van der Waals surface area contributed by atoms with Gasteiger partial charge < -0.3 is 5.32 Å². The van der Waals surface area contributed by atoms with E-state index in [1.807, 2.05) is 11.6 Å². The highest BCUT2D eigenvalue weighted by Crippen LogP contribution is 2.31. The van der Waals surface area contributed by atoms with Gasteiger partial charge in [-0.15, -0.1) is 0 Å². The maximum atomic E-state index is 12.8. The first kappa shape index (κ1) is 16.0. The fourth-order valence-electron chi connectivity index (χ4n) is 2.96. The summed E-state index contributed by atoms with van der Waals surface area (Å²) in [6.45, 7) is 2.03. The highest BCUT2D eigenvalue weighted by Gasteiger charge is 2.32. The molecule has 8 nitrogen and oxygen atoms in total. The third kappa shape index (κ3) is 2.77. The number of fused-ring (bicyclic) bond motifs is 1. The van der Waals surface area contributed by atoms with Crippen LogP contribution in [0.2, 0.25) is 10.2 Å². The van der Waals surface area contributed by atoms with Gasteiger partial charge in [-0.3, -0.25) is 4.79 Å². The maximum Gasteiger partial charge on any atom is 0.270 e. The van der Waals surface area contributed by atoms with Crippen LogP contribution in [0.4, 0.5) is 0 Å². The van der Waals surface area contributed by atoms with E-state index >= 15 is 0 Å². The Hall–Kier alpha value is -2.45. The summed E-state index contributed by atoms with van der Waals surface area (Å²) in [6.07, 6.45) is 3.77. The van der Waals surface area contributed by atoms with Crippen LogP contribution in [0.5, 0.6) is 0 Å². The average molecular weight is 378 g/mol. The number of aromatic nitrogens is 6. The summed E-state index contributed by atoms with van der Waals surface area (Å²) in [6, 6.07) is 4.78. The normalized spacial score (nSPS) is 19.0. The standard InChI is InChI=1S/C15H13Cl2N7O/c1-8-5-10(14-19-7-20-23(8)14)21-15(25)11-6-12(17)22-24(11)13-9(16)3-2-4-18-13/h2-4,6-8,10H,5H2,1H3,(H,21,25). The van der Waals surface area contributed by atoms with Gasteiger partial charge in [-0.2, -0.15) is 10.2 Å². The Labute approximate surface area is 152 Å². The summed E-state index contributed by atoms with van der Waals surface area (Å²) >= 11 is 12.2. The molecular formula is C15H13Cl2N7O. The van der Waals surface area contributed by atoms with Crippen molar-refractivity contribution in [2.75, 3.05) is 0 Å². The Morgan fingerprint density at radius 3 is 3.00 bits per heavy atom. The van der Waals surface area contributed by atoms with Crippen LogP contribution in [0.3, 0.4) is 0 Å². The molecule has 0 spiro atoms. The van der Waals surface area contributed by atoms with Crippen molar-refractivity contribution in [1.29, 1.82) is 0 Å². The van der Waals surface area contributed by atoms with Crippen LogP contribution in [0.1, 0.15) is 41.7 Å². The number of rotatable bonds is 3. The van der Waals surface area contributed by atoms with E-state index in [0.717, 1.165) is 5.82 Å². The summed E-state index contributed by atoms with van der Waals surface area (Å²) in [5.74, 6) is 0.729. The van der Waals surface area contributed by atoms with E-state index in [9.17, 15) is 4.79 Å². The summed E-state index contributed by atoms with van der Waals surface area (Å²) in [5, 5.41) is 11.8. The largest absolute Gasteiger partial charge is 0.341 e. The molecule has 0 radical (unpaired) electrons. The number of hydrogen-bond acceptors (Lipinski definition) is 5. The van der Waals surface area contributed by atoms with Crippen LogP contribution >= 0.6 is 23.2 Å². The van der Waals surface area contributed by atoms with Crippen LogP contribution in [-0.2, 0) is 0 Å². The van der Waals surface area contributed by atoms with Gasteiger partial charge in [-0.05, 0) is 25.5 Å². The van der Waals surface area contributed by atoms with Crippen molar-refractivity contribution in [3.05, 3.63) is 52.4 Å². The van der Waals surface area contributed by atoms with E-state index < -0.39 is 0 Å². The van der Waals surface area contributed by atoms with E-state index in [2.05, 4.69) is 25.5 Å². The molecule has 3 aromatic heterocycles. The van der Waals surface area contributed by atoms with Gasteiger partial charge in [0, 0.05) is 12.3 Å². The predicted octanol–water partition coefficient (Wildman–Crippen LogP) is 2.60. The molecule has 0 aromatic carbocycles. The predicted molar refractivity (Wildman–Crippen MR) is 90.9 cm³/mol. The molecule has 0 aliphatic carbocycles. The Morgan fingerprint density at radius 1 is 1.36 bits per heavy atom. The molecule has 10 heteroatoms. The molecule has 0 saturated heterocycles. The van der Waals surface area contributed by atoms with Crippen molar-refractivity contribution in [3.63, 3.8) is 0 Å². The van der Waals surface area contributed by atoms with Crippen molar-refractivity contribution in [1.82, 2.24) is 34.8 Å². The quantitative estimate of drug-likeness (QED) is 0.757. The average Bonchev–Trinajstić information content (AvgIpc) is 3.26. The molecule has 4 heterocycles. The summed E-state index contributed by atoms with van der Waals surface area (Å²) in [5.41, 5.74) is 0.246. The second kappa shape index (κ2) is 6.12. The van der Waals surface area contributed by atoms with Crippen molar-refractivity contribution in [2.24, 2.45) is 0 Å². The summed E-state index contributed by atoms with van der Waals surface area (Å²) < 4.78 is 3.15. The van der Waals surface area contributed by atoms with Crippen LogP contribution in [0.15, 0.2) is 30.7 Å². The second-order valence-electron chi connectivity index (χ2n) is 5.75. The van der Waals surface area contributed by atoms with E-state index in [-0.39, 0.29) is 28.8 Å². The number of pyridine rings is 1. The Bertz CT molecular complexity index is 951. The SMILES string of the molecule is CC1CC(NC(=O)c2cc(Cl)nn2-c2ncccc2Cl)c2ncnn21. The van der Waals surface area contributed by atoms with Crippen LogP contribution in [-0.4, -0.2) is 35.4 Å². The van der Waals surface area contributed by atoms with Gasteiger partial charge in [0.2, 0.25) is 0 Å². The van der Waals surface area contributed by atoms with Gasteiger partial charge in [-0.1, -0.05) is 23.2 Å². The van der Waals surface area contributed by atoms with Crippen molar-refractivity contribution in [3.8, 4) is 5.82 Å². The van der Waals surface area contributed by atoms with Gasteiger partial charge in [-0.25, -0.2) is 19.3 Å². The minimum absolute atomic E-state index is 0.168. The molecule has 0 bridgehead atoms. The van der Waals surface area contributed by atoms with Gasteiger partial charge in [0.25, 0.3) is 5.91 Å². The highest BCUT2D eigenvalue weighted by atomic mass is 35.5. The molecule has 3 aromatic rings. The number of amides is 1. The first-order valence-corrected chi connectivity index (χ1v) is 8.37. The third-order valence-corrected chi connectivity index (χ3v) is 4.54. The first-order chi connectivity index (χ1) is 12.0. The summed E-state index contributed by atoms with van der Waals surface area (Å²) in [4.78, 5) is 21.2. The van der Waals surface area contributed by atoms with Gasteiger partial charge >= 0.3 is 0 Å². The van der Waals surface area contributed by atoms with E-state index in [0.29, 0.717) is 17.3 Å². The van der Waals surface area contributed by atoms with Gasteiger partial charge in [0.05, 0.1) is 17.1 Å². The number of hydrogen-bond donors (Lipinski definition) is 1. The zero-order valence-corrected chi connectivity index (χ0v) is 14.6. The lowest BCUT2D eigenvalue weighted by atomic mass is 10.1. The number of nitrogens with one attached hydrogen (secondary N) is 1. The fraction of sp³-hybridized carbons (Fsp3) is 0.267. The first-order valence-electron chi connectivity index (χ1n) is 7.61.